The van der Waals surface area contributed by atoms with Crippen LogP contribution >= 0.6 is 0 Å². The topological polar surface area (TPSA) is 107 Å². The first-order valence-electron chi connectivity index (χ1n) is 10.1. The van der Waals surface area contributed by atoms with Crippen LogP contribution in [-0.2, 0) is 0 Å². The van der Waals surface area contributed by atoms with Gasteiger partial charge in [0.2, 0.25) is 17.8 Å². The minimum absolute atomic E-state index is 0.136. The number of rotatable bonds is 7. The van der Waals surface area contributed by atoms with E-state index in [1.165, 1.54) is 11.8 Å². The molecule has 32 heavy (non-hydrogen) atoms. The maximum atomic E-state index is 9.89. The van der Waals surface area contributed by atoms with E-state index in [2.05, 4.69) is 42.2 Å². The lowest BCUT2D eigenvalue weighted by molar-refractivity contribution is 0.474. The molecule has 160 valence electrons. The van der Waals surface area contributed by atoms with Crippen molar-refractivity contribution in [3.63, 3.8) is 0 Å². The van der Waals surface area contributed by atoms with Gasteiger partial charge in [0.05, 0.1) is 6.21 Å². The Morgan fingerprint density at radius 1 is 0.781 bits per heavy atom. The molecule has 0 atom stereocenters. The Hall–Kier alpha value is -4.46. The average molecular weight is 425 g/mol. The number of hydrogen-bond donors (Lipinski definition) is 4. The molecule has 1 heterocycles. The molecule has 0 unspecified atom stereocenters. The standard InChI is InChI=1S/C24H23N7O/c1-16-12-13-20(17(2)14-16)27-23-28-22(26-19-9-4-3-5-10-19)29-24(30-23)31-25-15-18-8-6-7-11-21(18)32/h3-15,32H,1-2H3,(H3,26,27,28,29,30,31). The maximum absolute atomic E-state index is 9.89. The Bertz CT molecular complexity index is 1240. The van der Waals surface area contributed by atoms with Crippen LogP contribution in [0.25, 0.3) is 0 Å². The van der Waals surface area contributed by atoms with Crippen molar-refractivity contribution in [3.8, 4) is 5.75 Å². The molecule has 0 spiro atoms. The molecule has 4 aromatic rings. The molecule has 0 saturated heterocycles. The Kier molecular flexibility index (Phi) is 6.22. The Morgan fingerprint density at radius 2 is 1.47 bits per heavy atom. The summed E-state index contributed by atoms with van der Waals surface area (Å²) >= 11 is 0. The summed E-state index contributed by atoms with van der Waals surface area (Å²) in [7, 11) is 0. The van der Waals surface area contributed by atoms with Gasteiger partial charge in [-0.05, 0) is 49.7 Å². The second-order valence-electron chi connectivity index (χ2n) is 7.17. The number of aromatic hydroxyl groups is 1. The van der Waals surface area contributed by atoms with E-state index in [1.54, 1.807) is 18.2 Å². The smallest absolute Gasteiger partial charge is 0.250 e. The second kappa shape index (κ2) is 9.57. The Morgan fingerprint density at radius 3 is 2.22 bits per heavy atom. The van der Waals surface area contributed by atoms with Crippen LogP contribution < -0.4 is 16.1 Å². The molecule has 1 aromatic heterocycles. The summed E-state index contributed by atoms with van der Waals surface area (Å²) in [5, 5.41) is 20.5. The molecule has 0 aliphatic rings. The number of hydrogen-bond acceptors (Lipinski definition) is 8. The predicted octanol–water partition coefficient (Wildman–Crippen LogP) is 5.13. The quantitative estimate of drug-likeness (QED) is 0.240. The van der Waals surface area contributed by atoms with Gasteiger partial charge >= 0.3 is 0 Å². The zero-order valence-corrected chi connectivity index (χ0v) is 17.7. The van der Waals surface area contributed by atoms with Crippen LogP contribution in [0.1, 0.15) is 16.7 Å². The number of nitrogens with zero attached hydrogens (tertiary/aromatic N) is 4. The highest BCUT2D eigenvalue weighted by Gasteiger charge is 2.09. The average Bonchev–Trinajstić information content (AvgIpc) is 2.78. The normalized spacial score (nSPS) is 10.8. The highest BCUT2D eigenvalue weighted by Crippen LogP contribution is 2.22. The summed E-state index contributed by atoms with van der Waals surface area (Å²) in [4.78, 5) is 13.3. The van der Waals surface area contributed by atoms with E-state index in [1.807, 2.05) is 62.4 Å². The molecule has 8 nitrogen and oxygen atoms in total. The molecule has 4 N–H and O–H groups in total. The minimum Gasteiger partial charge on any atom is -0.507 e. The molecule has 4 rings (SSSR count). The number of aromatic nitrogens is 3. The summed E-state index contributed by atoms with van der Waals surface area (Å²) in [6.45, 7) is 4.07. The van der Waals surface area contributed by atoms with E-state index in [0.717, 1.165) is 16.9 Å². The van der Waals surface area contributed by atoms with Crippen LogP contribution in [0.15, 0.2) is 77.9 Å². The highest BCUT2D eigenvalue weighted by molar-refractivity contribution is 5.83. The molecule has 0 saturated carbocycles. The molecule has 0 amide bonds. The fourth-order valence-electron chi connectivity index (χ4n) is 3.02. The molecule has 0 aliphatic heterocycles. The third-order valence-corrected chi connectivity index (χ3v) is 4.60. The van der Waals surface area contributed by atoms with Crippen LogP contribution in [-0.4, -0.2) is 26.3 Å². The number of phenols is 1. The lowest BCUT2D eigenvalue weighted by Crippen LogP contribution is -2.07. The third kappa shape index (κ3) is 5.37. The number of phenolic OH excluding ortho intramolecular Hbond substituents is 1. The van der Waals surface area contributed by atoms with Gasteiger partial charge in [-0.15, -0.1) is 0 Å². The molecule has 0 aliphatic carbocycles. The van der Waals surface area contributed by atoms with Crippen LogP contribution in [0.2, 0.25) is 0 Å². The fraction of sp³-hybridized carbons (Fsp3) is 0.0833. The molecule has 0 fully saturated rings. The molecule has 0 bridgehead atoms. The van der Waals surface area contributed by atoms with Crippen LogP contribution in [0.5, 0.6) is 5.75 Å². The van der Waals surface area contributed by atoms with Crippen molar-refractivity contribution in [2.75, 3.05) is 16.1 Å². The van der Waals surface area contributed by atoms with E-state index in [9.17, 15) is 5.11 Å². The highest BCUT2D eigenvalue weighted by atomic mass is 16.3. The summed E-state index contributed by atoms with van der Waals surface area (Å²) in [6.07, 6.45) is 1.50. The minimum atomic E-state index is 0.136. The van der Waals surface area contributed by atoms with Crippen molar-refractivity contribution in [1.29, 1.82) is 0 Å². The number of nitrogens with one attached hydrogen (secondary N) is 3. The Labute approximate surface area is 186 Å². The van der Waals surface area contributed by atoms with Crippen LogP contribution in [0, 0.1) is 13.8 Å². The van der Waals surface area contributed by atoms with Gasteiger partial charge in [0, 0.05) is 16.9 Å². The number of para-hydroxylation sites is 2. The predicted molar refractivity (Wildman–Crippen MR) is 128 cm³/mol. The summed E-state index contributed by atoms with van der Waals surface area (Å²) in [5.74, 6) is 1.11. The largest absolute Gasteiger partial charge is 0.507 e. The first kappa shape index (κ1) is 20.8. The first-order chi connectivity index (χ1) is 15.6. The zero-order valence-electron chi connectivity index (χ0n) is 17.7. The van der Waals surface area contributed by atoms with E-state index in [0.29, 0.717) is 17.5 Å². The Balaban J connectivity index is 1.61. The summed E-state index contributed by atoms with van der Waals surface area (Å²) in [5.41, 5.74) is 7.39. The number of benzene rings is 3. The van der Waals surface area contributed by atoms with E-state index in [-0.39, 0.29) is 11.7 Å². The van der Waals surface area contributed by atoms with Gasteiger partial charge in [0.15, 0.2) is 0 Å². The third-order valence-electron chi connectivity index (χ3n) is 4.60. The van der Waals surface area contributed by atoms with Gasteiger partial charge in [0.1, 0.15) is 5.75 Å². The molecule has 0 radical (unpaired) electrons. The van der Waals surface area contributed by atoms with Gasteiger partial charge in [-0.25, -0.2) is 5.43 Å². The van der Waals surface area contributed by atoms with Gasteiger partial charge in [-0.2, -0.15) is 20.1 Å². The van der Waals surface area contributed by atoms with Gasteiger partial charge in [-0.1, -0.05) is 48.0 Å². The molecular weight excluding hydrogens is 402 g/mol. The van der Waals surface area contributed by atoms with Crippen molar-refractivity contribution < 1.29 is 5.11 Å². The summed E-state index contributed by atoms with van der Waals surface area (Å²) < 4.78 is 0. The van der Waals surface area contributed by atoms with E-state index in [4.69, 9.17) is 0 Å². The van der Waals surface area contributed by atoms with Crippen molar-refractivity contribution >= 4 is 35.4 Å². The molecule has 8 heteroatoms. The molecule has 3 aromatic carbocycles. The molecular formula is C24H23N7O. The summed E-state index contributed by atoms with van der Waals surface area (Å²) in [6, 6.07) is 22.6. The van der Waals surface area contributed by atoms with Crippen molar-refractivity contribution in [2.45, 2.75) is 13.8 Å². The first-order valence-corrected chi connectivity index (χ1v) is 10.1. The zero-order chi connectivity index (χ0) is 22.3. The van der Waals surface area contributed by atoms with Crippen molar-refractivity contribution in [1.82, 2.24) is 15.0 Å². The number of aryl methyl sites for hydroxylation is 2. The second-order valence-corrected chi connectivity index (χ2v) is 7.17. The van der Waals surface area contributed by atoms with E-state index < -0.39 is 0 Å². The number of hydrazone groups is 1. The lowest BCUT2D eigenvalue weighted by atomic mass is 10.1. The van der Waals surface area contributed by atoms with Crippen molar-refractivity contribution in [3.05, 3.63) is 89.5 Å². The fourth-order valence-corrected chi connectivity index (χ4v) is 3.02. The van der Waals surface area contributed by atoms with Gasteiger partial charge in [0.25, 0.3) is 0 Å². The number of anilines is 5. The lowest BCUT2D eigenvalue weighted by Gasteiger charge is -2.12. The van der Waals surface area contributed by atoms with Crippen molar-refractivity contribution in [2.24, 2.45) is 5.10 Å². The monoisotopic (exact) mass is 425 g/mol. The van der Waals surface area contributed by atoms with Crippen LogP contribution in [0.3, 0.4) is 0 Å². The maximum Gasteiger partial charge on any atom is 0.250 e. The SMILES string of the molecule is Cc1ccc(Nc2nc(NN=Cc3ccccc3O)nc(Nc3ccccc3)n2)c(C)c1. The van der Waals surface area contributed by atoms with Gasteiger partial charge in [-0.3, -0.25) is 0 Å². The van der Waals surface area contributed by atoms with E-state index >= 15 is 0 Å². The van der Waals surface area contributed by atoms with Crippen LogP contribution in [0.4, 0.5) is 29.2 Å². The van der Waals surface area contributed by atoms with Gasteiger partial charge < -0.3 is 15.7 Å².